The lowest BCUT2D eigenvalue weighted by Crippen LogP contribution is -2.28. The van der Waals surface area contributed by atoms with Crippen molar-refractivity contribution in [3.05, 3.63) is 0 Å². The summed E-state index contributed by atoms with van der Waals surface area (Å²) in [5, 5.41) is 3.44. The average Bonchev–Trinajstić information content (AvgIpc) is 2.15. The van der Waals surface area contributed by atoms with Crippen molar-refractivity contribution in [2.45, 2.75) is 19.0 Å². The van der Waals surface area contributed by atoms with Crippen LogP contribution < -0.4 is 5.32 Å². The zero-order valence-corrected chi connectivity index (χ0v) is 5.06. The van der Waals surface area contributed by atoms with E-state index in [-0.39, 0.29) is 0 Å². The van der Waals surface area contributed by atoms with Gasteiger partial charge in [0.05, 0.1) is 6.17 Å². The van der Waals surface area contributed by atoms with Crippen LogP contribution in [0.5, 0.6) is 0 Å². The van der Waals surface area contributed by atoms with Gasteiger partial charge in [-0.05, 0) is 19.4 Å². The molecule has 0 amide bonds. The molecule has 2 aliphatic rings. The van der Waals surface area contributed by atoms with Gasteiger partial charge in [-0.15, -0.1) is 0 Å². The molecule has 0 spiro atoms. The van der Waals surface area contributed by atoms with Crippen LogP contribution in [-0.4, -0.2) is 30.7 Å². The van der Waals surface area contributed by atoms with Gasteiger partial charge in [0, 0.05) is 13.1 Å². The zero-order chi connectivity index (χ0) is 5.40. The van der Waals surface area contributed by atoms with Crippen molar-refractivity contribution in [2.24, 2.45) is 0 Å². The Morgan fingerprint density at radius 3 is 3.25 bits per heavy atom. The van der Waals surface area contributed by atoms with Crippen LogP contribution >= 0.6 is 0 Å². The Morgan fingerprint density at radius 2 is 2.38 bits per heavy atom. The maximum atomic E-state index is 3.44. The van der Waals surface area contributed by atoms with Crippen LogP contribution in [0.4, 0.5) is 0 Å². The van der Waals surface area contributed by atoms with Gasteiger partial charge in [-0.1, -0.05) is 0 Å². The van der Waals surface area contributed by atoms with E-state index >= 15 is 0 Å². The van der Waals surface area contributed by atoms with E-state index in [1.807, 2.05) is 0 Å². The molecule has 2 nitrogen and oxygen atoms in total. The quantitative estimate of drug-likeness (QED) is 0.475. The summed E-state index contributed by atoms with van der Waals surface area (Å²) in [6.07, 6.45) is 3.53. The van der Waals surface area contributed by atoms with Crippen molar-refractivity contribution < 1.29 is 0 Å². The first-order valence-electron chi connectivity index (χ1n) is 3.44. The summed E-state index contributed by atoms with van der Waals surface area (Å²) in [7, 11) is 0. The van der Waals surface area contributed by atoms with Gasteiger partial charge in [-0.25, -0.2) is 0 Å². The molecule has 2 heteroatoms. The van der Waals surface area contributed by atoms with E-state index in [9.17, 15) is 0 Å². The molecule has 1 N–H and O–H groups in total. The highest BCUT2D eigenvalue weighted by Gasteiger charge is 2.27. The molecule has 0 bridgehead atoms. The van der Waals surface area contributed by atoms with E-state index in [1.54, 1.807) is 0 Å². The second kappa shape index (κ2) is 1.71. The SMILES string of the molecule is C1C[C@H]2NCCN2C1. The summed E-state index contributed by atoms with van der Waals surface area (Å²) >= 11 is 0. The van der Waals surface area contributed by atoms with Gasteiger partial charge in [0.15, 0.2) is 0 Å². The number of nitrogens with one attached hydrogen (secondary N) is 1. The highest BCUT2D eigenvalue weighted by molar-refractivity contribution is 4.82. The van der Waals surface area contributed by atoms with Gasteiger partial charge in [-0.3, -0.25) is 4.90 Å². The third-order valence-electron chi connectivity index (χ3n) is 2.14. The second-order valence-corrected chi connectivity index (χ2v) is 2.65. The Bertz CT molecular complexity index is 72.5. The fourth-order valence-electron chi connectivity index (χ4n) is 1.70. The number of nitrogens with zero attached hydrogens (tertiary/aromatic N) is 1. The van der Waals surface area contributed by atoms with Crippen molar-refractivity contribution >= 4 is 0 Å². The summed E-state index contributed by atoms with van der Waals surface area (Å²) < 4.78 is 0. The lowest BCUT2D eigenvalue weighted by molar-refractivity contribution is 0.312. The Labute approximate surface area is 49.9 Å². The number of rotatable bonds is 0. The first-order valence-corrected chi connectivity index (χ1v) is 3.44. The molecule has 0 aromatic heterocycles. The minimum Gasteiger partial charge on any atom is -0.300 e. The van der Waals surface area contributed by atoms with E-state index in [1.165, 1.54) is 32.5 Å². The minimum absolute atomic E-state index is 0.759. The van der Waals surface area contributed by atoms with Crippen molar-refractivity contribution in [3.8, 4) is 0 Å². The molecule has 2 rings (SSSR count). The molecular weight excluding hydrogens is 100 g/mol. The number of hydrogen-bond acceptors (Lipinski definition) is 2. The second-order valence-electron chi connectivity index (χ2n) is 2.65. The van der Waals surface area contributed by atoms with E-state index in [0.717, 1.165) is 6.17 Å². The van der Waals surface area contributed by atoms with Gasteiger partial charge >= 0.3 is 0 Å². The van der Waals surface area contributed by atoms with Crippen LogP contribution in [0.3, 0.4) is 0 Å². The summed E-state index contributed by atoms with van der Waals surface area (Å²) in [5.41, 5.74) is 0. The van der Waals surface area contributed by atoms with Gasteiger partial charge < -0.3 is 5.32 Å². The maximum Gasteiger partial charge on any atom is 0.0598 e. The molecule has 0 aromatic rings. The highest BCUT2D eigenvalue weighted by atomic mass is 15.3. The van der Waals surface area contributed by atoms with Gasteiger partial charge in [-0.2, -0.15) is 0 Å². The van der Waals surface area contributed by atoms with Gasteiger partial charge in [0.2, 0.25) is 0 Å². The predicted octanol–water partition coefficient (Wildman–Crippen LogP) is 0.0115. The lowest BCUT2D eigenvalue weighted by Gasteiger charge is -2.11. The normalized spacial score (nSPS) is 38.2. The van der Waals surface area contributed by atoms with Crippen molar-refractivity contribution in [2.75, 3.05) is 19.6 Å². The fraction of sp³-hybridized carbons (Fsp3) is 1.00. The van der Waals surface area contributed by atoms with E-state index < -0.39 is 0 Å². The number of fused-ring (bicyclic) bond motifs is 1. The molecule has 2 saturated heterocycles. The molecule has 0 aromatic carbocycles. The molecule has 0 radical (unpaired) electrons. The largest absolute Gasteiger partial charge is 0.300 e. The molecule has 2 heterocycles. The Morgan fingerprint density at radius 1 is 1.38 bits per heavy atom. The number of hydrogen-bond donors (Lipinski definition) is 1. The third kappa shape index (κ3) is 0.565. The van der Waals surface area contributed by atoms with Crippen LogP contribution in [0.1, 0.15) is 12.8 Å². The zero-order valence-electron chi connectivity index (χ0n) is 5.06. The molecule has 2 aliphatic heterocycles. The average molecular weight is 112 g/mol. The van der Waals surface area contributed by atoms with Crippen LogP contribution in [0.15, 0.2) is 0 Å². The lowest BCUT2D eigenvalue weighted by atomic mass is 10.3. The van der Waals surface area contributed by atoms with Crippen molar-refractivity contribution in [3.63, 3.8) is 0 Å². The first-order chi connectivity index (χ1) is 3.97. The first kappa shape index (κ1) is 4.77. The third-order valence-corrected chi connectivity index (χ3v) is 2.14. The molecule has 0 aliphatic carbocycles. The van der Waals surface area contributed by atoms with Crippen LogP contribution in [0.25, 0.3) is 0 Å². The predicted molar refractivity (Wildman–Crippen MR) is 32.6 cm³/mol. The monoisotopic (exact) mass is 112 g/mol. The van der Waals surface area contributed by atoms with E-state index in [2.05, 4.69) is 10.2 Å². The Hall–Kier alpha value is -0.0800. The topological polar surface area (TPSA) is 15.3 Å². The highest BCUT2D eigenvalue weighted by Crippen LogP contribution is 2.16. The summed E-state index contributed by atoms with van der Waals surface area (Å²) in [6.45, 7) is 3.83. The van der Waals surface area contributed by atoms with Crippen molar-refractivity contribution in [1.29, 1.82) is 0 Å². The summed E-state index contributed by atoms with van der Waals surface area (Å²) in [6, 6.07) is 0. The van der Waals surface area contributed by atoms with E-state index in [4.69, 9.17) is 0 Å². The van der Waals surface area contributed by atoms with Crippen LogP contribution in [-0.2, 0) is 0 Å². The molecule has 0 saturated carbocycles. The van der Waals surface area contributed by atoms with Gasteiger partial charge in [0.1, 0.15) is 0 Å². The van der Waals surface area contributed by atoms with Crippen LogP contribution in [0.2, 0.25) is 0 Å². The molecule has 0 unspecified atom stereocenters. The molecule has 2 fully saturated rings. The smallest absolute Gasteiger partial charge is 0.0598 e. The Kier molecular flexibility index (Phi) is 1.02. The maximum absolute atomic E-state index is 3.44. The summed E-state index contributed by atoms with van der Waals surface area (Å²) in [5.74, 6) is 0. The molecule has 46 valence electrons. The standard InChI is InChI=1S/C6H12N2/c1-2-6-7-3-5-8(6)4-1/h6-7H,1-5H2/t6-/m0/s1. The van der Waals surface area contributed by atoms with Gasteiger partial charge in [0.25, 0.3) is 0 Å². The molecular formula is C6H12N2. The Balaban J connectivity index is 2.04. The molecule has 1 atom stereocenters. The fourth-order valence-corrected chi connectivity index (χ4v) is 1.70. The minimum atomic E-state index is 0.759. The molecule has 8 heavy (non-hydrogen) atoms. The van der Waals surface area contributed by atoms with E-state index in [0.29, 0.717) is 0 Å². The van der Waals surface area contributed by atoms with Crippen LogP contribution in [0, 0.1) is 0 Å². The van der Waals surface area contributed by atoms with Crippen molar-refractivity contribution in [1.82, 2.24) is 10.2 Å². The summed E-state index contributed by atoms with van der Waals surface area (Å²) in [4.78, 5) is 2.53.